The number of carbonyl (C=O) groups is 3. The van der Waals surface area contributed by atoms with Crippen LogP contribution in [0, 0.1) is 21.4 Å². The molecule has 154 valence electrons. The van der Waals surface area contributed by atoms with Crippen LogP contribution in [0.1, 0.15) is 26.3 Å². The molecule has 1 aromatic carbocycles. The maximum atomic E-state index is 13.0. The van der Waals surface area contributed by atoms with E-state index in [1.807, 2.05) is 18.7 Å². The van der Waals surface area contributed by atoms with Gasteiger partial charge in [-0.2, -0.15) is 0 Å². The molecule has 1 aromatic rings. The lowest BCUT2D eigenvalue weighted by molar-refractivity contribution is -0.384. The van der Waals surface area contributed by atoms with Crippen LogP contribution in [0.25, 0.3) is 0 Å². The summed E-state index contributed by atoms with van der Waals surface area (Å²) in [6, 6.07) is 2.95. The molecule has 2 saturated heterocycles. The number of urea groups is 1. The number of carbonyl (C=O) groups excluding carboxylic acids is 3. The normalized spacial score (nSPS) is 27.9. The van der Waals surface area contributed by atoms with E-state index in [9.17, 15) is 24.5 Å². The van der Waals surface area contributed by atoms with Gasteiger partial charge in [0.15, 0.2) is 5.41 Å². The van der Waals surface area contributed by atoms with Gasteiger partial charge in [0.25, 0.3) is 5.69 Å². The molecule has 3 atom stereocenters. The molecule has 29 heavy (non-hydrogen) atoms. The number of rotatable bonds is 2. The van der Waals surface area contributed by atoms with Gasteiger partial charge in [0, 0.05) is 30.8 Å². The zero-order valence-electron chi connectivity index (χ0n) is 16.3. The number of benzene rings is 1. The third kappa shape index (κ3) is 2.78. The van der Waals surface area contributed by atoms with Crippen LogP contribution < -0.4 is 15.5 Å². The van der Waals surface area contributed by atoms with Gasteiger partial charge in [-0.05, 0) is 24.5 Å². The quantitative estimate of drug-likeness (QED) is 0.430. The number of nitro benzene ring substituents is 1. The zero-order valence-corrected chi connectivity index (χ0v) is 16.3. The molecule has 1 spiro atoms. The molecule has 0 aromatic heterocycles. The van der Waals surface area contributed by atoms with Crippen molar-refractivity contribution in [2.75, 3.05) is 11.4 Å². The molecule has 3 heterocycles. The molecule has 2 fully saturated rings. The number of anilines is 1. The standard InChI is InChI=1S/C19H22N4O6/c1-9(2)14-8-22-13-5-4-12(23(27)28)6-11(13)7-19(15(22)10(3)29-14)16(24)20-18(26)21-17(19)25/h4-6,9-10,14-15H,7-8H2,1-3H3,(H2,20,21,24,25,26)/t10-,14-,15+/m1/s1. The van der Waals surface area contributed by atoms with Crippen LogP contribution in [-0.4, -0.2) is 47.6 Å². The first-order chi connectivity index (χ1) is 13.6. The predicted octanol–water partition coefficient (Wildman–Crippen LogP) is 1.12. The Balaban J connectivity index is 1.90. The van der Waals surface area contributed by atoms with Crippen LogP contribution in [0.15, 0.2) is 18.2 Å². The van der Waals surface area contributed by atoms with Gasteiger partial charge in [-0.25, -0.2) is 4.79 Å². The van der Waals surface area contributed by atoms with E-state index in [0.29, 0.717) is 12.1 Å². The topological polar surface area (TPSA) is 131 Å². The number of imide groups is 2. The first-order valence-electron chi connectivity index (χ1n) is 9.51. The lowest BCUT2D eigenvalue weighted by Crippen LogP contribution is -2.75. The number of morpholine rings is 1. The van der Waals surface area contributed by atoms with Crippen LogP contribution in [0.2, 0.25) is 0 Å². The highest BCUT2D eigenvalue weighted by Gasteiger charge is 2.63. The molecule has 0 radical (unpaired) electrons. The highest BCUT2D eigenvalue weighted by Crippen LogP contribution is 2.47. The maximum Gasteiger partial charge on any atom is 0.328 e. The molecule has 10 heteroatoms. The number of hydrogen-bond acceptors (Lipinski definition) is 7. The van der Waals surface area contributed by atoms with Crippen LogP contribution in [0.4, 0.5) is 16.2 Å². The summed E-state index contributed by atoms with van der Waals surface area (Å²) < 4.78 is 6.15. The summed E-state index contributed by atoms with van der Waals surface area (Å²) in [6.45, 7) is 6.27. The molecule has 10 nitrogen and oxygen atoms in total. The fraction of sp³-hybridized carbons (Fsp3) is 0.526. The van der Waals surface area contributed by atoms with Gasteiger partial charge in [0.2, 0.25) is 11.8 Å². The summed E-state index contributed by atoms with van der Waals surface area (Å²) in [5, 5.41) is 15.7. The van der Waals surface area contributed by atoms with Crippen molar-refractivity contribution in [2.45, 2.75) is 45.4 Å². The Morgan fingerprint density at radius 2 is 1.90 bits per heavy atom. The van der Waals surface area contributed by atoms with Crippen LogP contribution in [-0.2, 0) is 20.7 Å². The van der Waals surface area contributed by atoms with Crippen LogP contribution >= 0.6 is 0 Å². The van der Waals surface area contributed by atoms with Crippen molar-refractivity contribution in [3.8, 4) is 0 Å². The van der Waals surface area contributed by atoms with Crippen molar-refractivity contribution < 1.29 is 24.0 Å². The fourth-order valence-corrected chi connectivity index (χ4v) is 4.74. The zero-order chi connectivity index (χ0) is 21.1. The highest BCUT2D eigenvalue weighted by atomic mass is 16.6. The van der Waals surface area contributed by atoms with E-state index in [0.717, 1.165) is 5.69 Å². The average molecular weight is 402 g/mol. The molecule has 2 N–H and O–H groups in total. The van der Waals surface area contributed by atoms with Crippen molar-refractivity contribution in [1.82, 2.24) is 10.6 Å². The predicted molar refractivity (Wildman–Crippen MR) is 101 cm³/mol. The molecule has 3 aliphatic rings. The molecular formula is C19H22N4O6. The number of non-ortho nitro benzene ring substituents is 1. The van der Waals surface area contributed by atoms with E-state index < -0.39 is 40.3 Å². The Bertz CT molecular complexity index is 909. The van der Waals surface area contributed by atoms with Crippen LogP contribution in [0.5, 0.6) is 0 Å². The van der Waals surface area contributed by atoms with E-state index in [4.69, 9.17) is 4.74 Å². The fourth-order valence-electron chi connectivity index (χ4n) is 4.74. The minimum atomic E-state index is -1.63. The number of nitrogens with zero attached hydrogens (tertiary/aromatic N) is 2. The molecular weight excluding hydrogens is 380 g/mol. The van der Waals surface area contributed by atoms with Gasteiger partial charge < -0.3 is 9.64 Å². The van der Waals surface area contributed by atoms with E-state index in [2.05, 4.69) is 10.6 Å². The SMILES string of the molecule is CC(C)[C@H]1CN2c3ccc([N+](=O)[O-])cc3CC3(C(=O)NC(=O)NC3=O)[C@@H]2[C@@H](C)O1. The van der Waals surface area contributed by atoms with Crippen molar-refractivity contribution in [2.24, 2.45) is 11.3 Å². The molecule has 3 aliphatic heterocycles. The van der Waals surface area contributed by atoms with Gasteiger partial charge in [0.05, 0.1) is 23.2 Å². The Labute approximate surface area is 166 Å². The molecule has 0 bridgehead atoms. The first-order valence-corrected chi connectivity index (χ1v) is 9.51. The summed E-state index contributed by atoms with van der Waals surface area (Å²) >= 11 is 0. The van der Waals surface area contributed by atoms with Crippen LogP contribution in [0.3, 0.4) is 0 Å². The number of nitrogens with one attached hydrogen (secondary N) is 2. The third-order valence-corrected chi connectivity index (χ3v) is 6.11. The summed E-state index contributed by atoms with van der Waals surface area (Å²) in [5.41, 5.74) is -0.486. The summed E-state index contributed by atoms with van der Waals surface area (Å²) in [5.74, 6) is -1.23. The van der Waals surface area contributed by atoms with Gasteiger partial charge >= 0.3 is 6.03 Å². The highest BCUT2D eigenvalue weighted by molar-refractivity contribution is 6.20. The Morgan fingerprint density at radius 3 is 2.48 bits per heavy atom. The molecule has 4 amide bonds. The minimum absolute atomic E-state index is 0.0594. The van der Waals surface area contributed by atoms with Gasteiger partial charge in [-0.1, -0.05) is 13.8 Å². The number of nitro groups is 1. The number of amides is 4. The molecule has 0 unspecified atom stereocenters. The molecule has 4 rings (SSSR count). The summed E-state index contributed by atoms with van der Waals surface area (Å²) in [7, 11) is 0. The molecule has 0 saturated carbocycles. The third-order valence-electron chi connectivity index (χ3n) is 6.11. The second-order valence-corrected chi connectivity index (χ2v) is 8.18. The Morgan fingerprint density at radius 1 is 1.24 bits per heavy atom. The largest absolute Gasteiger partial charge is 0.371 e. The lowest BCUT2D eigenvalue weighted by atomic mass is 9.66. The van der Waals surface area contributed by atoms with E-state index in [1.165, 1.54) is 12.1 Å². The number of fused-ring (bicyclic) bond motifs is 4. The smallest absolute Gasteiger partial charge is 0.328 e. The number of barbiturate groups is 1. The van der Waals surface area contributed by atoms with Crippen molar-refractivity contribution in [3.05, 3.63) is 33.9 Å². The summed E-state index contributed by atoms with van der Waals surface area (Å²) in [6.07, 6.45) is -0.684. The maximum absolute atomic E-state index is 13.0. The number of ether oxygens (including phenoxy) is 1. The first kappa shape index (κ1) is 19.3. The van der Waals surface area contributed by atoms with Crippen molar-refractivity contribution >= 4 is 29.2 Å². The van der Waals surface area contributed by atoms with Crippen molar-refractivity contribution in [1.29, 1.82) is 0 Å². The Hall–Kier alpha value is -3.01. The minimum Gasteiger partial charge on any atom is -0.371 e. The lowest BCUT2D eigenvalue weighted by Gasteiger charge is -2.56. The van der Waals surface area contributed by atoms with E-state index in [1.54, 1.807) is 13.0 Å². The van der Waals surface area contributed by atoms with E-state index >= 15 is 0 Å². The van der Waals surface area contributed by atoms with E-state index in [-0.39, 0.29) is 24.1 Å². The molecule has 0 aliphatic carbocycles. The van der Waals surface area contributed by atoms with Gasteiger partial charge in [-0.15, -0.1) is 0 Å². The monoisotopic (exact) mass is 402 g/mol. The van der Waals surface area contributed by atoms with Gasteiger partial charge in [-0.3, -0.25) is 30.3 Å². The Kier molecular flexibility index (Phi) is 4.34. The second kappa shape index (κ2) is 6.51. The summed E-state index contributed by atoms with van der Waals surface area (Å²) in [4.78, 5) is 50.4. The average Bonchev–Trinajstić information content (AvgIpc) is 2.64. The van der Waals surface area contributed by atoms with Crippen molar-refractivity contribution in [3.63, 3.8) is 0 Å². The van der Waals surface area contributed by atoms with Gasteiger partial charge in [0.1, 0.15) is 0 Å². The number of hydrogen-bond donors (Lipinski definition) is 2. The second-order valence-electron chi connectivity index (χ2n) is 8.18.